The molecule has 0 spiro atoms. The molecule has 0 aromatic heterocycles. The fourth-order valence-corrected chi connectivity index (χ4v) is 1.70. The Morgan fingerprint density at radius 1 is 1.14 bits per heavy atom. The van der Waals surface area contributed by atoms with Crippen LogP contribution in [0.4, 0.5) is 0 Å². The van der Waals surface area contributed by atoms with E-state index in [9.17, 15) is 4.79 Å². The van der Waals surface area contributed by atoms with Gasteiger partial charge in [0.2, 0.25) is 0 Å². The van der Waals surface area contributed by atoms with E-state index in [0.29, 0.717) is 22.8 Å². The van der Waals surface area contributed by atoms with Gasteiger partial charge in [0, 0.05) is 26.2 Å². The van der Waals surface area contributed by atoms with Crippen molar-refractivity contribution in [2.75, 3.05) is 35.4 Å². The van der Waals surface area contributed by atoms with Gasteiger partial charge in [-0.05, 0) is 6.08 Å². The molecule has 0 unspecified atom stereocenters. The van der Waals surface area contributed by atoms with Crippen LogP contribution in [0.2, 0.25) is 0 Å². The minimum atomic E-state index is -0.391. The molecule has 0 radical (unpaired) electrons. The molecule has 0 bridgehead atoms. The lowest BCUT2D eigenvalue weighted by Crippen LogP contribution is -2.22. The third-order valence-electron chi connectivity index (χ3n) is 2.80. The first-order valence-electron chi connectivity index (χ1n) is 6.11. The topological polar surface area (TPSA) is 71.8 Å². The molecular formula is C15H18N2O4. The minimum absolute atomic E-state index is 0.0123. The Morgan fingerprint density at radius 3 is 2.00 bits per heavy atom. The van der Waals surface area contributed by atoms with Crippen LogP contribution in [0.1, 0.15) is 5.56 Å². The van der Waals surface area contributed by atoms with E-state index >= 15 is 0 Å². The van der Waals surface area contributed by atoms with Gasteiger partial charge >= 0.3 is 0 Å². The van der Waals surface area contributed by atoms with Crippen molar-refractivity contribution in [1.29, 1.82) is 5.26 Å². The Bertz CT molecular complexity index is 575. The number of carbonyl (C=O) groups excluding carboxylic acids is 1. The maximum absolute atomic E-state index is 11.9. The molecule has 0 fully saturated rings. The average molecular weight is 290 g/mol. The second-order valence-corrected chi connectivity index (χ2v) is 4.31. The average Bonchev–Trinajstić information content (AvgIpc) is 2.50. The van der Waals surface area contributed by atoms with Crippen molar-refractivity contribution in [3.05, 3.63) is 23.3 Å². The first-order valence-corrected chi connectivity index (χ1v) is 6.11. The van der Waals surface area contributed by atoms with E-state index in [-0.39, 0.29) is 5.57 Å². The van der Waals surface area contributed by atoms with Crippen LogP contribution in [0.3, 0.4) is 0 Å². The van der Waals surface area contributed by atoms with E-state index < -0.39 is 5.91 Å². The molecule has 0 aliphatic heterocycles. The molecule has 6 nitrogen and oxygen atoms in total. The summed E-state index contributed by atoms with van der Waals surface area (Å²) >= 11 is 0. The molecule has 0 atom stereocenters. The first kappa shape index (κ1) is 16.4. The molecule has 112 valence electrons. The van der Waals surface area contributed by atoms with E-state index in [2.05, 4.69) is 0 Å². The first-order chi connectivity index (χ1) is 9.98. The Labute approximate surface area is 124 Å². The van der Waals surface area contributed by atoms with Gasteiger partial charge in [0.1, 0.15) is 28.9 Å². The van der Waals surface area contributed by atoms with Gasteiger partial charge in [0.05, 0.1) is 26.9 Å². The molecular weight excluding hydrogens is 272 g/mol. The molecule has 0 aliphatic rings. The number of hydrogen-bond acceptors (Lipinski definition) is 5. The molecule has 1 amide bonds. The Morgan fingerprint density at radius 2 is 1.67 bits per heavy atom. The third kappa shape index (κ3) is 3.66. The fourth-order valence-electron chi connectivity index (χ4n) is 1.70. The summed E-state index contributed by atoms with van der Waals surface area (Å²) in [5.41, 5.74) is 0.495. The number of amides is 1. The lowest BCUT2D eigenvalue weighted by molar-refractivity contribution is -0.124. The van der Waals surface area contributed by atoms with Gasteiger partial charge in [-0.1, -0.05) is 0 Å². The molecule has 1 aromatic rings. The highest BCUT2D eigenvalue weighted by Gasteiger charge is 2.16. The molecule has 6 heteroatoms. The third-order valence-corrected chi connectivity index (χ3v) is 2.80. The molecule has 0 saturated carbocycles. The van der Waals surface area contributed by atoms with Crippen molar-refractivity contribution >= 4 is 12.0 Å². The van der Waals surface area contributed by atoms with Crippen LogP contribution in [0.25, 0.3) is 6.08 Å². The maximum Gasteiger partial charge on any atom is 0.264 e. The van der Waals surface area contributed by atoms with Gasteiger partial charge in [-0.25, -0.2) is 0 Å². The van der Waals surface area contributed by atoms with Gasteiger partial charge < -0.3 is 19.1 Å². The summed E-state index contributed by atoms with van der Waals surface area (Å²) in [6, 6.07) is 5.20. The van der Waals surface area contributed by atoms with Gasteiger partial charge in [-0.15, -0.1) is 0 Å². The van der Waals surface area contributed by atoms with Crippen LogP contribution in [0.5, 0.6) is 17.2 Å². The standard InChI is InChI=1S/C15H18N2O4/c1-17(2)15(18)10(9-16)6-12-13(20-4)7-11(19-3)8-14(12)21-5/h6-8H,1-5H3/b10-6-. The van der Waals surface area contributed by atoms with Crippen LogP contribution in [-0.4, -0.2) is 46.2 Å². The van der Waals surface area contributed by atoms with E-state index in [1.807, 2.05) is 6.07 Å². The Kier molecular flexibility index (Phi) is 5.61. The van der Waals surface area contributed by atoms with Crippen molar-refractivity contribution in [2.45, 2.75) is 0 Å². The van der Waals surface area contributed by atoms with E-state index in [1.165, 1.54) is 32.3 Å². The highest BCUT2D eigenvalue weighted by atomic mass is 16.5. The summed E-state index contributed by atoms with van der Waals surface area (Å²) in [6.07, 6.45) is 1.44. The second kappa shape index (κ2) is 7.20. The predicted octanol–water partition coefficient (Wildman–Crippen LogP) is 1.71. The van der Waals surface area contributed by atoms with Crippen molar-refractivity contribution in [2.24, 2.45) is 0 Å². The summed E-state index contributed by atoms with van der Waals surface area (Å²) in [5, 5.41) is 9.16. The van der Waals surface area contributed by atoms with Crippen molar-refractivity contribution in [3.63, 3.8) is 0 Å². The predicted molar refractivity (Wildman–Crippen MR) is 78.4 cm³/mol. The number of ether oxygens (including phenoxy) is 3. The largest absolute Gasteiger partial charge is 0.496 e. The quantitative estimate of drug-likeness (QED) is 0.610. The molecule has 0 heterocycles. The van der Waals surface area contributed by atoms with E-state index in [1.54, 1.807) is 26.2 Å². The summed E-state index contributed by atoms with van der Waals surface area (Å²) in [6.45, 7) is 0. The van der Waals surface area contributed by atoms with Gasteiger partial charge in [0.25, 0.3) is 5.91 Å². The summed E-state index contributed by atoms with van der Waals surface area (Å²) in [4.78, 5) is 13.3. The molecule has 1 aromatic carbocycles. The lowest BCUT2D eigenvalue weighted by atomic mass is 10.1. The monoisotopic (exact) mass is 290 g/mol. The van der Waals surface area contributed by atoms with Gasteiger partial charge in [0.15, 0.2) is 0 Å². The number of hydrogen-bond donors (Lipinski definition) is 0. The van der Waals surface area contributed by atoms with Crippen molar-refractivity contribution in [1.82, 2.24) is 4.90 Å². The summed E-state index contributed by atoms with van der Waals surface area (Å²) in [5.74, 6) is 1.06. The maximum atomic E-state index is 11.9. The molecule has 0 saturated heterocycles. The normalized spacial score (nSPS) is 10.6. The van der Waals surface area contributed by atoms with Gasteiger partial charge in [-0.2, -0.15) is 5.26 Å². The fraction of sp³-hybridized carbons (Fsp3) is 0.333. The number of benzene rings is 1. The van der Waals surface area contributed by atoms with Crippen molar-refractivity contribution in [3.8, 4) is 23.3 Å². The SMILES string of the molecule is COc1cc(OC)c(/C=C(/C#N)C(=O)N(C)C)c(OC)c1. The van der Waals surface area contributed by atoms with E-state index in [0.717, 1.165) is 0 Å². The number of carbonyl (C=O) groups is 1. The zero-order chi connectivity index (χ0) is 16.0. The van der Waals surface area contributed by atoms with E-state index in [4.69, 9.17) is 19.5 Å². The smallest absolute Gasteiger partial charge is 0.264 e. The Hall–Kier alpha value is -2.68. The highest BCUT2D eigenvalue weighted by molar-refractivity contribution is 6.02. The van der Waals surface area contributed by atoms with Crippen LogP contribution < -0.4 is 14.2 Å². The van der Waals surface area contributed by atoms with Gasteiger partial charge in [-0.3, -0.25) is 4.79 Å². The lowest BCUT2D eigenvalue weighted by Gasteiger charge is -2.14. The molecule has 21 heavy (non-hydrogen) atoms. The highest BCUT2D eigenvalue weighted by Crippen LogP contribution is 2.35. The Balaban J connectivity index is 3.47. The molecule has 0 N–H and O–H groups in total. The number of methoxy groups -OCH3 is 3. The van der Waals surface area contributed by atoms with Crippen LogP contribution in [0, 0.1) is 11.3 Å². The summed E-state index contributed by atoms with van der Waals surface area (Å²) in [7, 11) is 7.67. The summed E-state index contributed by atoms with van der Waals surface area (Å²) < 4.78 is 15.7. The molecule has 0 aliphatic carbocycles. The number of rotatable bonds is 5. The van der Waals surface area contributed by atoms with Crippen molar-refractivity contribution < 1.29 is 19.0 Å². The van der Waals surface area contributed by atoms with Crippen LogP contribution >= 0.6 is 0 Å². The number of likely N-dealkylation sites (N-methyl/N-ethyl adjacent to an activating group) is 1. The number of nitrogens with zero attached hydrogens (tertiary/aromatic N) is 2. The second-order valence-electron chi connectivity index (χ2n) is 4.31. The molecule has 1 rings (SSSR count). The van der Waals surface area contributed by atoms with Crippen LogP contribution in [-0.2, 0) is 4.79 Å². The van der Waals surface area contributed by atoms with Crippen LogP contribution in [0.15, 0.2) is 17.7 Å². The number of nitriles is 1. The zero-order valence-electron chi connectivity index (χ0n) is 12.8. The minimum Gasteiger partial charge on any atom is -0.496 e. The zero-order valence-corrected chi connectivity index (χ0v) is 12.8.